The van der Waals surface area contributed by atoms with Gasteiger partial charge in [-0.05, 0) is 20.0 Å². The summed E-state index contributed by atoms with van der Waals surface area (Å²) in [4.78, 5) is 0. The largest absolute Gasteiger partial charge is 0.407 e. The number of hydrogen-bond donors (Lipinski definition) is 2. The van der Waals surface area contributed by atoms with Gasteiger partial charge in [0.1, 0.15) is 6.04 Å². The average Bonchev–Trinajstić information content (AvgIpc) is 1.79. The van der Waals surface area contributed by atoms with Crippen molar-refractivity contribution >= 4 is 0 Å². The Morgan fingerprint density at radius 2 is 2.00 bits per heavy atom. The number of allylic oxidation sites excluding steroid dienone is 1. The minimum atomic E-state index is -4.27. The van der Waals surface area contributed by atoms with Crippen molar-refractivity contribution in [3.8, 4) is 0 Å². The molecule has 5 heteroatoms. The van der Waals surface area contributed by atoms with Crippen LogP contribution in [0.1, 0.15) is 6.92 Å². The van der Waals surface area contributed by atoms with Gasteiger partial charge in [-0.25, -0.2) is 0 Å². The molecule has 0 saturated carbocycles. The van der Waals surface area contributed by atoms with E-state index in [2.05, 4.69) is 5.32 Å². The molecule has 0 aliphatic carbocycles. The predicted octanol–water partition coefficient (Wildman–Crippen LogP) is 0.999. The maximum atomic E-state index is 11.9. The summed E-state index contributed by atoms with van der Waals surface area (Å²) < 4.78 is 35.8. The number of likely N-dealkylation sites (N-methyl/N-ethyl adjacent to an activating group) is 1. The summed E-state index contributed by atoms with van der Waals surface area (Å²) in [6, 6.07) is -1.65. The molecule has 0 radical (unpaired) electrons. The smallest absolute Gasteiger partial charge is 0.402 e. The fourth-order valence-electron chi connectivity index (χ4n) is 0.604. The molecule has 0 saturated heterocycles. The number of halogens is 3. The Bertz CT molecular complexity index is 146. The number of nitrogens with two attached hydrogens (primary N) is 1. The van der Waals surface area contributed by atoms with Gasteiger partial charge in [0, 0.05) is 5.70 Å². The first-order valence-electron chi connectivity index (χ1n) is 3.05. The van der Waals surface area contributed by atoms with Crippen LogP contribution in [-0.2, 0) is 0 Å². The van der Waals surface area contributed by atoms with E-state index in [1.54, 1.807) is 0 Å². The van der Waals surface area contributed by atoms with Crippen LogP contribution in [0.4, 0.5) is 13.2 Å². The van der Waals surface area contributed by atoms with Gasteiger partial charge in [-0.2, -0.15) is 13.2 Å². The highest BCUT2D eigenvalue weighted by Gasteiger charge is 2.36. The van der Waals surface area contributed by atoms with Crippen molar-refractivity contribution in [2.75, 3.05) is 7.05 Å². The molecule has 0 bridgehead atoms. The molecule has 0 spiro atoms. The van der Waals surface area contributed by atoms with E-state index in [1.807, 2.05) is 0 Å². The van der Waals surface area contributed by atoms with E-state index in [1.165, 1.54) is 14.0 Å². The van der Waals surface area contributed by atoms with Gasteiger partial charge in [-0.1, -0.05) is 0 Å². The van der Waals surface area contributed by atoms with Gasteiger partial charge < -0.3 is 11.1 Å². The molecule has 66 valence electrons. The summed E-state index contributed by atoms with van der Waals surface area (Å²) >= 11 is 0. The van der Waals surface area contributed by atoms with E-state index in [4.69, 9.17) is 5.73 Å². The molecule has 2 nitrogen and oxygen atoms in total. The van der Waals surface area contributed by atoms with Crippen LogP contribution in [-0.4, -0.2) is 19.3 Å². The summed E-state index contributed by atoms with van der Waals surface area (Å²) in [5.41, 5.74) is 5.24. The molecular weight excluding hydrogens is 157 g/mol. The molecule has 0 heterocycles. The Labute approximate surface area is 63.3 Å². The third-order valence-electron chi connectivity index (χ3n) is 1.09. The maximum Gasteiger partial charge on any atom is 0.407 e. The number of nitrogens with one attached hydrogen (secondary N) is 1. The molecule has 0 aromatic carbocycles. The molecule has 11 heavy (non-hydrogen) atoms. The summed E-state index contributed by atoms with van der Waals surface area (Å²) in [5, 5.41) is 2.09. The SMILES string of the molecule is CNC(/C=C(/C)N)C(F)(F)F. The standard InChI is InChI=1S/C6H11F3N2/c1-4(10)3-5(11-2)6(7,8)9/h3,5,11H,10H2,1-2H3/b4-3-. The van der Waals surface area contributed by atoms with Gasteiger partial charge in [-0.3, -0.25) is 0 Å². The van der Waals surface area contributed by atoms with Crippen molar-refractivity contribution in [1.29, 1.82) is 0 Å². The summed E-state index contributed by atoms with van der Waals surface area (Å²) in [5.74, 6) is 0. The lowest BCUT2D eigenvalue weighted by atomic mass is 10.2. The molecule has 0 aliphatic heterocycles. The van der Waals surface area contributed by atoms with Crippen LogP contribution in [0.3, 0.4) is 0 Å². The van der Waals surface area contributed by atoms with Gasteiger partial charge in [0.15, 0.2) is 0 Å². The zero-order valence-corrected chi connectivity index (χ0v) is 6.37. The fraction of sp³-hybridized carbons (Fsp3) is 0.667. The van der Waals surface area contributed by atoms with E-state index in [0.29, 0.717) is 0 Å². The Morgan fingerprint density at radius 1 is 1.55 bits per heavy atom. The van der Waals surface area contributed by atoms with E-state index in [9.17, 15) is 13.2 Å². The maximum absolute atomic E-state index is 11.9. The summed E-state index contributed by atoms with van der Waals surface area (Å²) in [7, 11) is 1.23. The highest BCUT2D eigenvalue weighted by molar-refractivity contribution is 5.02. The number of rotatable bonds is 2. The molecule has 0 amide bonds. The lowest BCUT2D eigenvalue weighted by molar-refractivity contribution is -0.143. The Balaban J connectivity index is 4.31. The van der Waals surface area contributed by atoms with Gasteiger partial charge in [-0.15, -0.1) is 0 Å². The monoisotopic (exact) mass is 168 g/mol. The van der Waals surface area contributed by atoms with Gasteiger partial charge in [0.25, 0.3) is 0 Å². The molecule has 1 unspecified atom stereocenters. The van der Waals surface area contributed by atoms with Crippen LogP contribution < -0.4 is 11.1 Å². The Kier molecular flexibility index (Phi) is 3.38. The zero-order chi connectivity index (χ0) is 9.07. The van der Waals surface area contributed by atoms with Crippen LogP contribution in [0.15, 0.2) is 11.8 Å². The lowest BCUT2D eigenvalue weighted by Gasteiger charge is -2.15. The van der Waals surface area contributed by atoms with Crippen molar-refractivity contribution in [3.63, 3.8) is 0 Å². The molecule has 0 aliphatic rings. The Hall–Kier alpha value is -0.710. The number of hydrogen-bond acceptors (Lipinski definition) is 2. The Morgan fingerprint density at radius 3 is 2.09 bits per heavy atom. The second-order valence-corrected chi connectivity index (χ2v) is 2.22. The van der Waals surface area contributed by atoms with E-state index < -0.39 is 12.2 Å². The molecule has 1 atom stereocenters. The van der Waals surface area contributed by atoms with Crippen LogP contribution in [0.25, 0.3) is 0 Å². The second kappa shape index (κ2) is 3.61. The van der Waals surface area contributed by atoms with Crippen molar-refractivity contribution in [2.24, 2.45) is 5.73 Å². The van der Waals surface area contributed by atoms with Crippen molar-refractivity contribution in [2.45, 2.75) is 19.1 Å². The first-order chi connectivity index (χ1) is 4.88. The average molecular weight is 168 g/mol. The lowest BCUT2D eigenvalue weighted by Crippen LogP contribution is -2.38. The van der Waals surface area contributed by atoms with Gasteiger partial charge in [0.2, 0.25) is 0 Å². The molecule has 0 rings (SSSR count). The minimum absolute atomic E-state index is 0.154. The van der Waals surface area contributed by atoms with Crippen molar-refractivity contribution in [1.82, 2.24) is 5.32 Å². The van der Waals surface area contributed by atoms with Crippen LogP contribution in [0.2, 0.25) is 0 Å². The van der Waals surface area contributed by atoms with E-state index in [-0.39, 0.29) is 5.70 Å². The summed E-state index contributed by atoms with van der Waals surface area (Å²) in [6.07, 6.45) is -3.34. The molecular formula is C6H11F3N2. The van der Waals surface area contributed by atoms with Crippen LogP contribution in [0, 0.1) is 0 Å². The number of alkyl halides is 3. The zero-order valence-electron chi connectivity index (χ0n) is 6.37. The highest BCUT2D eigenvalue weighted by atomic mass is 19.4. The van der Waals surface area contributed by atoms with Crippen LogP contribution >= 0.6 is 0 Å². The normalized spacial score (nSPS) is 16.6. The first-order valence-corrected chi connectivity index (χ1v) is 3.05. The molecule has 0 aromatic heterocycles. The molecule has 3 N–H and O–H groups in total. The fourth-order valence-corrected chi connectivity index (χ4v) is 0.604. The summed E-state index contributed by atoms with van der Waals surface area (Å²) in [6.45, 7) is 1.41. The topological polar surface area (TPSA) is 38.0 Å². The third kappa shape index (κ3) is 3.87. The quantitative estimate of drug-likeness (QED) is 0.645. The van der Waals surface area contributed by atoms with E-state index >= 15 is 0 Å². The predicted molar refractivity (Wildman–Crippen MR) is 36.8 cm³/mol. The molecule has 0 fully saturated rings. The van der Waals surface area contributed by atoms with Crippen LogP contribution in [0.5, 0.6) is 0 Å². The third-order valence-corrected chi connectivity index (χ3v) is 1.09. The van der Waals surface area contributed by atoms with Gasteiger partial charge in [0.05, 0.1) is 0 Å². The van der Waals surface area contributed by atoms with Crippen molar-refractivity contribution in [3.05, 3.63) is 11.8 Å². The highest BCUT2D eigenvalue weighted by Crippen LogP contribution is 2.20. The molecule has 0 aromatic rings. The minimum Gasteiger partial charge on any atom is -0.402 e. The van der Waals surface area contributed by atoms with E-state index in [0.717, 1.165) is 6.08 Å². The van der Waals surface area contributed by atoms with Crippen molar-refractivity contribution < 1.29 is 13.2 Å². The van der Waals surface area contributed by atoms with Gasteiger partial charge >= 0.3 is 6.18 Å². The first kappa shape index (κ1) is 10.3. The second-order valence-electron chi connectivity index (χ2n) is 2.22.